The lowest BCUT2D eigenvalue weighted by atomic mass is 10.0. The van der Waals surface area contributed by atoms with Crippen LogP contribution < -0.4 is 14.8 Å². The number of rotatable bonds is 11. The minimum absolute atomic E-state index is 0.168. The molecule has 6 heteroatoms. The van der Waals surface area contributed by atoms with Gasteiger partial charge in [-0.3, -0.25) is 9.59 Å². The van der Waals surface area contributed by atoms with Gasteiger partial charge in [0.15, 0.2) is 6.61 Å². The van der Waals surface area contributed by atoms with Gasteiger partial charge in [0, 0.05) is 19.5 Å². The third-order valence-corrected chi connectivity index (χ3v) is 5.21. The number of likely N-dealkylation sites (N-methyl/N-ethyl adjacent to an activating group) is 1. The highest BCUT2D eigenvalue weighted by atomic mass is 16.5. The maximum atomic E-state index is 13.4. The summed E-state index contributed by atoms with van der Waals surface area (Å²) in [6, 6.07) is 25.7. The van der Waals surface area contributed by atoms with Crippen LogP contribution in [0, 0.1) is 0 Å². The molecular weight excluding hydrogens is 416 g/mol. The average molecular weight is 447 g/mol. The highest BCUT2D eigenvalue weighted by Crippen LogP contribution is 2.19. The van der Waals surface area contributed by atoms with Crippen molar-refractivity contribution in [2.45, 2.75) is 25.9 Å². The van der Waals surface area contributed by atoms with E-state index in [9.17, 15) is 9.59 Å². The number of para-hydroxylation sites is 1. The minimum Gasteiger partial charge on any atom is -0.497 e. The molecule has 172 valence electrons. The number of nitrogens with one attached hydrogen (secondary N) is 1. The first-order valence-electron chi connectivity index (χ1n) is 11.0. The minimum atomic E-state index is -0.689. The molecule has 0 bridgehead atoms. The standard InChI is InChI=1S/C27H30N2O4/c1-3-28-27(31)25(18-21-11-6-4-7-12-21)29(19-22-13-10-16-24(17-22)32-2)26(30)20-33-23-14-8-5-9-15-23/h4-17,25H,3,18-20H2,1-2H3,(H,28,31)/t25-/m1/s1. The van der Waals surface area contributed by atoms with Crippen LogP contribution in [0.5, 0.6) is 11.5 Å². The molecule has 3 aromatic rings. The monoisotopic (exact) mass is 446 g/mol. The molecule has 33 heavy (non-hydrogen) atoms. The van der Waals surface area contributed by atoms with Crippen molar-refractivity contribution in [2.24, 2.45) is 0 Å². The zero-order chi connectivity index (χ0) is 23.5. The van der Waals surface area contributed by atoms with E-state index in [0.29, 0.717) is 24.5 Å². The smallest absolute Gasteiger partial charge is 0.261 e. The van der Waals surface area contributed by atoms with E-state index in [4.69, 9.17) is 9.47 Å². The number of hydrogen-bond acceptors (Lipinski definition) is 4. The van der Waals surface area contributed by atoms with E-state index in [2.05, 4.69) is 5.32 Å². The van der Waals surface area contributed by atoms with Gasteiger partial charge in [-0.1, -0.05) is 60.7 Å². The van der Waals surface area contributed by atoms with Crippen molar-refractivity contribution in [3.05, 3.63) is 96.1 Å². The van der Waals surface area contributed by atoms with Crippen molar-refractivity contribution in [1.29, 1.82) is 0 Å². The first kappa shape index (κ1) is 23.9. The van der Waals surface area contributed by atoms with Crippen molar-refractivity contribution < 1.29 is 19.1 Å². The van der Waals surface area contributed by atoms with Crippen molar-refractivity contribution in [3.63, 3.8) is 0 Å². The van der Waals surface area contributed by atoms with Gasteiger partial charge in [-0.05, 0) is 42.3 Å². The highest BCUT2D eigenvalue weighted by Gasteiger charge is 2.30. The largest absolute Gasteiger partial charge is 0.497 e. The molecule has 0 radical (unpaired) electrons. The first-order chi connectivity index (χ1) is 16.1. The Bertz CT molecular complexity index is 1020. The van der Waals surface area contributed by atoms with E-state index in [1.54, 1.807) is 24.1 Å². The number of amides is 2. The van der Waals surface area contributed by atoms with E-state index in [1.165, 1.54) is 0 Å². The van der Waals surface area contributed by atoms with E-state index in [0.717, 1.165) is 11.1 Å². The summed E-state index contributed by atoms with van der Waals surface area (Å²) in [7, 11) is 1.60. The van der Waals surface area contributed by atoms with Crippen molar-refractivity contribution in [3.8, 4) is 11.5 Å². The summed E-state index contributed by atoms with van der Waals surface area (Å²) in [5.41, 5.74) is 1.84. The summed E-state index contributed by atoms with van der Waals surface area (Å²) in [4.78, 5) is 28.1. The van der Waals surface area contributed by atoms with Gasteiger partial charge >= 0.3 is 0 Å². The first-order valence-corrected chi connectivity index (χ1v) is 11.0. The molecule has 0 aliphatic heterocycles. The fourth-order valence-electron chi connectivity index (χ4n) is 3.56. The molecule has 0 fully saturated rings. The molecule has 0 aliphatic carbocycles. The van der Waals surface area contributed by atoms with Gasteiger partial charge in [0.1, 0.15) is 17.5 Å². The third kappa shape index (κ3) is 7.10. The Hall–Kier alpha value is -3.80. The number of hydrogen-bond donors (Lipinski definition) is 1. The number of nitrogens with zero attached hydrogens (tertiary/aromatic N) is 1. The van der Waals surface area contributed by atoms with Gasteiger partial charge < -0.3 is 19.7 Å². The Labute approximate surface area is 195 Å². The Morgan fingerprint density at radius 1 is 0.879 bits per heavy atom. The zero-order valence-electron chi connectivity index (χ0n) is 19.1. The summed E-state index contributed by atoms with van der Waals surface area (Å²) >= 11 is 0. The zero-order valence-corrected chi connectivity index (χ0v) is 19.1. The predicted molar refractivity (Wildman–Crippen MR) is 128 cm³/mol. The fourth-order valence-corrected chi connectivity index (χ4v) is 3.56. The van der Waals surface area contributed by atoms with Gasteiger partial charge in [0.25, 0.3) is 5.91 Å². The van der Waals surface area contributed by atoms with Crippen molar-refractivity contribution in [2.75, 3.05) is 20.3 Å². The van der Waals surface area contributed by atoms with Gasteiger partial charge in [-0.25, -0.2) is 0 Å². The summed E-state index contributed by atoms with van der Waals surface area (Å²) < 4.78 is 11.1. The average Bonchev–Trinajstić information content (AvgIpc) is 2.86. The number of carbonyl (C=O) groups excluding carboxylic acids is 2. The maximum absolute atomic E-state index is 13.4. The van der Waals surface area contributed by atoms with E-state index >= 15 is 0 Å². The summed E-state index contributed by atoms with van der Waals surface area (Å²) in [5.74, 6) is 0.828. The molecule has 3 aromatic carbocycles. The molecule has 0 spiro atoms. The highest BCUT2D eigenvalue weighted by molar-refractivity contribution is 5.88. The van der Waals surface area contributed by atoms with Gasteiger partial charge in [-0.15, -0.1) is 0 Å². The topological polar surface area (TPSA) is 67.9 Å². The van der Waals surface area contributed by atoms with Crippen LogP contribution >= 0.6 is 0 Å². The van der Waals surface area contributed by atoms with Crippen LogP contribution in [0.25, 0.3) is 0 Å². The van der Waals surface area contributed by atoms with E-state index in [-0.39, 0.29) is 25.0 Å². The summed E-state index contributed by atoms with van der Waals surface area (Å²) in [6.07, 6.45) is 0.397. The molecular formula is C27H30N2O4. The molecule has 3 rings (SSSR count). The number of benzene rings is 3. The van der Waals surface area contributed by atoms with E-state index in [1.807, 2.05) is 79.7 Å². The lowest BCUT2D eigenvalue weighted by molar-refractivity contribution is -0.142. The molecule has 0 unspecified atom stereocenters. The lowest BCUT2D eigenvalue weighted by Gasteiger charge is -2.31. The molecule has 0 saturated heterocycles. The molecule has 0 aliphatic rings. The van der Waals surface area contributed by atoms with Gasteiger partial charge in [-0.2, -0.15) is 0 Å². The molecule has 6 nitrogen and oxygen atoms in total. The molecule has 1 N–H and O–H groups in total. The molecule has 1 atom stereocenters. The second-order valence-corrected chi connectivity index (χ2v) is 7.57. The van der Waals surface area contributed by atoms with Gasteiger partial charge in [0.05, 0.1) is 7.11 Å². The van der Waals surface area contributed by atoms with Crippen LogP contribution in [0.15, 0.2) is 84.9 Å². The maximum Gasteiger partial charge on any atom is 0.261 e. The summed E-state index contributed by atoms with van der Waals surface area (Å²) in [6.45, 7) is 2.43. The molecule has 0 heterocycles. The van der Waals surface area contributed by atoms with Crippen LogP contribution in [0.2, 0.25) is 0 Å². The van der Waals surface area contributed by atoms with Gasteiger partial charge in [0.2, 0.25) is 5.91 Å². The lowest BCUT2D eigenvalue weighted by Crippen LogP contribution is -2.51. The summed E-state index contributed by atoms with van der Waals surface area (Å²) in [5, 5.41) is 2.89. The van der Waals surface area contributed by atoms with Crippen LogP contribution in [0.1, 0.15) is 18.1 Å². The fraction of sp³-hybridized carbons (Fsp3) is 0.259. The Balaban J connectivity index is 1.89. The number of carbonyl (C=O) groups is 2. The molecule has 0 saturated carbocycles. The van der Waals surface area contributed by atoms with Crippen LogP contribution in [-0.2, 0) is 22.6 Å². The number of ether oxygens (including phenoxy) is 2. The van der Waals surface area contributed by atoms with Crippen LogP contribution in [0.4, 0.5) is 0 Å². The van der Waals surface area contributed by atoms with Crippen molar-refractivity contribution in [1.82, 2.24) is 10.2 Å². The molecule has 2 amide bonds. The Kier molecular flexibility index (Phi) is 8.88. The second-order valence-electron chi connectivity index (χ2n) is 7.57. The molecule has 0 aromatic heterocycles. The van der Waals surface area contributed by atoms with Crippen LogP contribution in [-0.4, -0.2) is 43.0 Å². The van der Waals surface area contributed by atoms with Crippen molar-refractivity contribution >= 4 is 11.8 Å². The van der Waals surface area contributed by atoms with Crippen LogP contribution in [0.3, 0.4) is 0 Å². The normalized spacial score (nSPS) is 11.3. The SMILES string of the molecule is CCNC(=O)[C@@H](Cc1ccccc1)N(Cc1cccc(OC)c1)C(=O)COc1ccccc1. The predicted octanol–water partition coefficient (Wildman–Crippen LogP) is 3.85. The Morgan fingerprint density at radius 3 is 2.18 bits per heavy atom. The van der Waals surface area contributed by atoms with E-state index < -0.39 is 6.04 Å². The number of methoxy groups -OCH3 is 1. The second kappa shape index (κ2) is 12.3. The quantitative estimate of drug-likeness (QED) is 0.486. The third-order valence-electron chi connectivity index (χ3n) is 5.21. The Morgan fingerprint density at radius 2 is 1.52 bits per heavy atom.